The molecule has 0 bridgehead atoms. The standard InChI is InChI=1S/C10H18N4O2S/c1-3-7-12-9-6-5-8(11)10(13-9)14-17(15,16)4-2/h5-6H,3-4,7,11H2,1-2H3,(H2,12,13,14). The molecule has 0 aliphatic carbocycles. The summed E-state index contributed by atoms with van der Waals surface area (Å²) < 4.78 is 25.2. The van der Waals surface area contributed by atoms with Gasteiger partial charge in [-0.05, 0) is 25.5 Å². The van der Waals surface area contributed by atoms with E-state index in [1.165, 1.54) is 0 Å². The molecular weight excluding hydrogens is 240 g/mol. The summed E-state index contributed by atoms with van der Waals surface area (Å²) in [6, 6.07) is 3.34. The van der Waals surface area contributed by atoms with Gasteiger partial charge in [-0.15, -0.1) is 0 Å². The lowest BCUT2D eigenvalue weighted by Gasteiger charge is -2.10. The topological polar surface area (TPSA) is 97.1 Å². The van der Waals surface area contributed by atoms with Crippen molar-refractivity contribution in [2.45, 2.75) is 20.3 Å². The summed E-state index contributed by atoms with van der Waals surface area (Å²) >= 11 is 0. The van der Waals surface area contributed by atoms with Crippen molar-refractivity contribution in [2.75, 3.05) is 28.1 Å². The van der Waals surface area contributed by atoms with Gasteiger partial charge in [0.1, 0.15) is 5.82 Å². The summed E-state index contributed by atoms with van der Waals surface area (Å²) in [7, 11) is -3.35. The average molecular weight is 258 g/mol. The molecular formula is C10H18N4O2S. The first-order chi connectivity index (χ1) is 7.98. The fourth-order valence-corrected chi connectivity index (χ4v) is 1.73. The highest BCUT2D eigenvalue weighted by Crippen LogP contribution is 2.19. The normalized spacial score (nSPS) is 11.2. The van der Waals surface area contributed by atoms with Crippen LogP contribution in [0.25, 0.3) is 0 Å². The van der Waals surface area contributed by atoms with E-state index < -0.39 is 10.0 Å². The Kier molecular flexibility index (Phi) is 4.56. The summed E-state index contributed by atoms with van der Waals surface area (Å²) in [6.07, 6.45) is 0.960. The molecule has 1 rings (SSSR count). The van der Waals surface area contributed by atoms with Gasteiger partial charge in [0.25, 0.3) is 0 Å². The molecule has 0 aliphatic heterocycles. The van der Waals surface area contributed by atoms with Gasteiger partial charge in [-0.25, -0.2) is 13.4 Å². The fourth-order valence-electron chi connectivity index (χ4n) is 1.12. The van der Waals surface area contributed by atoms with E-state index >= 15 is 0 Å². The molecule has 0 aromatic carbocycles. The van der Waals surface area contributed by atoms with E-state index in [0.717, 1.165) is 13.0 Å². The van der Waals surface area contributed by atoms with Crippen molar-refractivity contribution in [1.82, 2.24) is 4.98 Å². The highest BCUT2D eigenvalue weighted by Gasteiger charge is 2.11. The lowest BCUT2D eigenvalue weighted by Crippen LogP contribution is -2.17. The monoisotopic (exact) mass is 258 g/mol. The number of hydrogen-bond acceptors (Lipinski definition) is 5. The van der Waals surface area contributed by atoms with Crippen LogP contribution in [0.3, 0.4) is 0 Å². The van der Waals surface area contributed by atoms with Crippen LogP contribution in [0.15, 0.2) is 12.1 Å². The zero-order chi connectivity index (χ0) is 12.9. The quantitative estimate of drug-likeness (QED) is 0.713. The van der Waals surface area contributed by atoms with Gasteiger partial charge in [0.2, 0.25) is 10.0 Å². The molecule has 17 heavy (non-hydrogen) atoms. The van der Waals surface area contributed by atoms with E-state index in [9.17, 15) is 8.42 Å². The van der Waals surface area contributed by atoms with E-state index in [0.29, 0.717) is 11.5 Å². The van der Waals surface area contributed by atoms with E-state index in [1.807, 2.05) is 6.92 Å². The predicted molar refractivity (Wildman–Crippen MR) is 70.5 cm³/mol. The number of nitrogens with two attached hydrogens (primary N) is 1. The Morgan fingerprint density at radius 3 is 2.65 bits per heavy atom. The van der Waals surface area contributed by atoms with Crippen LogP contribution < -0.4 is 15.8 Å². The Balaban J connectivity index is 2.91. The number of rotatable bonds is 6. The van der Waals surface area contributed by atoms with Crippen molar-refractivity contribution >= 4 is 27.3 Å². The van der Waals surface area contributed by atoms with Crippen molar-refractivity contribution in [3.8, 4) is 0 Å². The molecule has 0 atom stereocenters. The molecule has 0 aliphatic rings. The van der Waals surface area contributed by atoms with Gasteiger partial charge in [-0.1, -0.05) is 6.92 Å². The Labute approximate surface area is 102 Å². The fraction of sp³-hybridized carbons (Fsp3) is 0.500. The van der Waals surface area contributed by atoms with Gasteiger partial charge in [0.05, 0.1) is 11.4 Å². The van der Waals surface area contributed by atoms with E-state index in [2.05, 4.69) is 15.0 Å². The molecule has 1 aromatic rings. The number of nitrogens with one attached hydrogen (secondary N) is 2. The van der Waals surface area contributed by atoms with Crippen molar-refractivity contribution in [2.24, 2.45) is 0 Å². The second-order valence-corrected chi connectivity index (χ2v) is 5.58. The zero-order valence-electron chi connectivity index (χ0n) is 10.0. The Bertz CT molecular complexity index is 473. The number of nitrogens with zero attached hydrogens (tertiary/aromatic N) is 1. The third kappa shape index (κ3) is 4.10. The summed E-state index contributed by atoms with van der Waals surface area (Å²) in [5, 5.41) is 3.06. The molecule has 0 unspecified atom stereocenters. The van der Waals surface area contributed by atoms with Crippen LogP contribution in [0.1, 0.15) is 20.3 Å². The van der Waals surface area contributed by atoms with Gasteiger partial charge < -0.3 is 11.1 Å². The summed E-state index contributed by atoms with van der Waals surface area (Å²) in [5.74, 6) is 0.767. The first kappa shape index (κ1) is 13.6. The molecule has 96 valence electrons. The van der Waals surface area contributed by atoms with Gasteiger partial charge in [-0.2, -0.15) is 0 Å². The molecule has 0 spiro atoms. The van der Waals surface area contributed by atoms with Crippen molar-refractivity contribution in [3.63, 3.8) is 0 Å². The average Bonchev–Trinajstić information content (AvgIpc) is 2.30. The minimum Gasteiger partial charge on any atom is -0.396 e. The molecule has 4 N–H and O–H groups in total. The highest BCUT2D eigenvalue weighted by atomic mass is 32.2. The maximum absolute atomic E-state index is 11.4. The lowest BCUT2D eigenvalue weighted by molar-refractivity contribution is 0.602. The molecule has 0 saturated carbocycles. The zero-order valence-corrected chi connectivity index (χ0v) is 10.8. The third-order valence-corrected chi connectivity index (χ3v) is 3.38. The van der Waals surface area contributed by atoms with Crippen molar-refractivity contribution in [1.29, 1.82) is 0 Å². The summed E-state index contributed by atoms with van der Waals surface area (Å²) in [4.78, 5) is 4.12. The van der Waals surface area contributed by atoms with Crippen LogP contribution in [0.5, 0.6) is 0 Å². The maximum Gasteiger partial charge on any atom is 0.233 e. The number of anilines is 3. The first-order valence-electron chi connectivity index (χ1n) is 5.49. The largest absolute Gasteiger partial charge is 0.396 e. The van der Waals surface area contributed by atoms with E-state index in [-0.39, 0.29) is 11.6 Å². The maximum atomic E-state index is 11.4. The number of aromatic nitrogens is 1. The number of pyridine rings is 1. The van der Waals surface area contributed by atoms with Gasteiger partial charge in [0, 0.05) is 6.54 Å². The number of hydrogen-bond donors (Lipinski definition) is 3. The molecule has 1 aromatic heterocycles. The minimum atomic E-state index is -3.35. The number of nitrogen functional groups attached to an aromatic ring is 1. The Hall–Kier alpha value is -1.50. The van der Waals surface area contributed by atoms with Gasteiger partial charge in [-0.3, -0.25) is 4.72 Å². The van der Waals surface area contributed by atoms with Crippen molar-refractivity contribution < 1.29 is 8.42 Å². The molecule has 6 nitrogen and oxygen atoms in total. The van der Waals surface area contributed by atoms with Gasteiger partial charge >= 0.3 is 0 Å². The molecule has 0 saturated heterocycles. The van der Waals surface area contributed by atoms with Crippen LogP contribution in [0, 0.1) is 0 Å². The van der Waals surface area contributed by atoms with Crippen LogP contribution in [-0.2, 0) is 10.0 Å². The van der Waals surface area contributed by atoms with Crippen LogP contribution >= 0.6 is 0 Å². The smallest absolute Gasteiger partial charge is 0.233 e. The van der Waals surface area contributed by atoms with Crippen molar-refractivity contribution in [3.05, 3.63) is 12.1 Å². The minimum absolute atomic E-state index is 0.0132. The highest BCUT2D eigenvalue weighted by molar-refractivity contribution is 7.92. The molecule has 0 fully saturated rings. The van der Waals surface area contributed by atoms with E-state index in [4.69, 9.17) is 5.73 Å². The summed E-state index contributed by atoms with van der Waals surface area (Å²) in [6.45, 7) is 4.36. The van der Waals surface area contributed by atoms with Crippen LogP contribution in [0.2, 0.25) is 0 Å². The molecule has 7 heteroatoms. The van der Waals surface area contributed by atoms with Crippen LogP contribution in [-0.4, -0.2) is 25.7 Å². The van der Waals surface area contributed by atoms with Gasteiger partial charge in [0.15, 0.2) is 5.82 Å². The lowest BCUT2D eigenvalue weighted by atomic mass is 10.4. The molecule has 0 amide bonds. The Morgan fingerprint density at radius 2 is 2.06 bits per heavy atom. The Morgan fingerprint density at radius 1 is 1.35 bits per heavy atom. The number of sulfonamides is 1. The molecule has 1 heterocycles. The SMILES string of the molecule is CCCNc1ccc(N)c(NS(=O)(=O)CC)n1. The summed E-state index contributed by atoms with van der Waals surface area (Å²) in [5.41, 5.74) is 5.97. The predicted octanol–water partition coefficient (Wildman–Crippen LogP) is 1.25. The second kappa shape index (κ2) is 5.72. The second-order valence-electron chi connectivity index (χ2n) is 3.57. The first-order valence-corrected chi connectivity index (χ1v) is 7.14. The third-order valence-electron chi connectivity index (χ3n) is 2.11. The van der Waals surface area contributed by atoms with E-state index in [1.54, 1.807) is 19.1 Å². The van der Waals surface area contributed by atoms with Crippen LogP contribution in [0.4, 0.5) is 17.3 Å². The molecule has 0 radical (unpaired) electrons.